The van der Waals surface area contributed by atoms with E-state index in [1.165, 1.54) is 6.33 Å². The molecule has 1 aromatic carbocycles. The van der Waals surface area contributed by atoms with Gasteiger partial charge in [0.1, 0.15) is 17.0 Å². The molecule has 0 saturated heterocycles. The van der Waals surface area contributed by atoms with Crippen molar-refractivity contribution in [2.75, 3.05) is 11.9 Å². The third-order valence-corrected chi connectivity index (χ3v) is 3.88. The molecule has 0 aliphatic heterocycles. The third-order valence-electron chi connectivity index (χ3n) is 3.06. The Morgan fingerprint density at radius 2 is 1.95 bits per heavy atom. The van der Waals surface area contributed by atoms with Crippen LogP contribution in [0.1, 0.15) is 10.4 Å². The third kappa shape index (κ3) is 2.10. The molecule has 0 spiro atoms. The van der Waals surface area contributed by atoms with Crippen molar-refractivity contribution in [2.45, 2.75) is 0 Å². The van der Waals surface area contributed by atoms with E-state index >= 15 is 0 Å². The first-order valence-electron chi connectivity index (χ1n) is 5.92. The number of hydrogen-bond acceptors (Lipinski definition) is 5. The molecule has 3 rings (SSSR count). The SMILES string of the molecule is CN(c1ccc(C(=O)O)cc1)c1ncnc2sccc12. The number of aromatic carboxylic acids is 1. The van der Waals surface area contributed by atoms with Crippen LogP contribution in [-0.2, 0) is 0 Å². The Morgan fingerprint density at radius 1 is 1.20 bits per heavy atom. The van der Waals surface area contributed by atoms with E-state index in [1.54, 1.807) is 35.6 Å². The van der Waals surface area contributed by atoms with Gasteiger partial charge in [0.15, 0.2) is 0 Å². The number of aromatic nitrogens is 2. The van der Waals surface area contributed by atoms with Crippen LogP contribution >= 0.6 is 11.3 Å². The normalized spacial score (nSPS) is 10.7. The molecule has 20 heavy (non-hydrogen) atoms. The van der Waals surface area contributed by atoms with Gasteiger partial charge in [-0.2, -0.15) is 0 Å². The van der Waals surface area contributed by atoms with Crippen molar-refractivity contribution >= 4 is 39.0 Å². The van der Waals surface area contributed by atoms with Crippen LogP contribution in [0.2, 0.25) is 0 Å². The molecule has 0 atom stereocenters. The van der Waals surface area contributed by atoms with Crippen LogP contribution in [-0.4, -0.2) is 28.1 Å². The minimum Gasteiger partial charge on any atom is -0.478 e. The zero-order valence-electron chi connectivity index (χ0n) is 10.6. The summed E-state index contributed by atoms with van der Waals surface area (Å²) < 4.78 is 0. The number of fused-ring (bicyclic) bond motifs is 1. The highest BCUT2D eigenvalue weighted by Crippen LogP contribution is 2.30. The van der Waals surface area contributed by atoms with E-state index in [0.717, 1.165) is 21.7 Å². The van der Waals surface area contributed by atoms with Gasteiger partial charge in [0.25, 0.3) is 0 Å². The molecular weight excluding hydrogens is 274 g/mol. The topological polar surface area (TPSA) is 66.3 Å². The molecule has 0 bridgehead atoms. The van der Waals surface area contributed by atoms with Crippen LogP contribution in [0.25, 0.3) is 10.2 Å². The van der Waals surface area contributed by atoms with Crippen LogP contribution in [0.3, 0.4) is 0 Å². The summed E-state index contributed by atoms with van der Waals surface area (Å²) in [5.74, 6) is -0.124. The predicted molar refractivity (Wildman–Crippen MR) is 78.9 cm³/mol. The van der Waals surface area contributed by atoms with Gasteiger partial charge in [-0.1, -0.05) is 0 Å². The Labute approximate surface area is 119 Å². The quantitative estimate of drug-likeness (QED) is 0.800. The lowest BCUT2D eigenvalue weighted by atomic mass is 10.2. The van der Waals surface area contributed by atoms with Gasteiger partial charge in [0.05, 0.1) is 10.9 Å². The molecule has 5 nitrogen and oxygen atoms in total. The monoisotopic (exact) mass is 285 g/mol. The van der Waals surface area contributed by atoms with Crippen molar-refractivity contribution in [2.24, 2.45) is 0 Å². The standard InChI is InChI=1S/C14H11N3O2S/c1-17(10-4-2-9(3-5-10)14(18)19)12-11-6-7-20-13(11)16-8-15-12/h2-8H,1H3,(H,18,19). The van der Waals surface area contributed by atoms with Crippen LogP contribution in [0.15, 0.2) is 42.0 Å². The summed E-state index contributed by atoms with van der Waals surface area (Å²) in [5.41, 5.74) is 1.15. The number of hydrogen-bond donors (Lipinski definition) is 1. The Hall–Kier alpha value is -2.47. The molecule has 100 valence electrons. The first kappa shape index (κ1) is 12.6. The number of benzene rings is 1. The first-order chi connectivity index (χ1) is 9.66. The molecule has 0 radical (unpaired) electrons. The largest absolute Gasteiger partial charge is 0.478 e. The van der Waals surface area contributed by atoms with Crippen molar-refractivity contribution in [3.63, 3.8) is 0 Å². The average Bonchev–Trinajstić information content (AvgIpc) is 2.95. The van der Waals surface area contributed by atoms with E-state index in [4.69, 9.17) is 5.11 Å². The van der Waals surface area contributed by atoms with Crippen molar-refractivity contribution in [3.05, 3.63) is 47.6 Å². The molecule has 6 heteroatoms. The number of thiophene rings is 1. The number of carbonyl (C=O) groups is 1. The van der Waals surface area contributed by atoms with Gasteiger partial charge >= 0.3 is 5.97 Å². The van der Waals surface area contributed by atoms with Crippen molar-refractivity contribution in [3.8, 4) is 0 Å². The summed E-state index contributed by atoms with van der Waals surface area (Å²) in [5, 5.41) is 11.9. The second-order valence-corrected chi connectivity index (χ2v) is 5.14. The Morgan fingerprint density at radius 3 is 2.65 bits per heavy atom. The van der Waals surface area contributed by atoms with E-state index in [1.807, 2.05) is 23.4 Å². The van der Waals surface area contributed by atoms with Gasteiger partial charge in [0, 0.05) is 12.7 Å². The molecule has 2 aromatic heterocycles. The Kier molecular flexibility index (Phi) is 3.08. The van der Waals surface area contributed by atoms with Gasteiger partial charge in [-0.05, 0) is 35.7 Å². The lowest BCUT2D eigenvalue weighted by Gasteiger charge is -2.18. The van der Waals surface area contributed by atoms with Gasteiger partial charge in [-0.25, -0.2) is 14.8 Å². The minimum atomic E-state index is -0.929. The molecule has 2 heterocycles. The number of rotatable bonds is 3. The summed E-state index contributed by atoms with van der Waals surface area (Å²) in [6.07, 6.45) is 1.54. The van der Waals surface area contributed by atoms with Crippen LogP contribution in [0, 0.1) is 0 Å². The summed E-state index contributed by atoms with van der Waals surface area (Å²) in [6, 6.07) is 8.69. The maximum Gasteiger partial charge on any atom is 0.335 e. The summed E-state index contributed by atoms with van der Waals surface area (Å²) in [7, 11) is 1.90. The molecule has 0 aliphatic carbocycles. The van der Waals surface area contributed by atoms with Gasteiger partial charge in [-0.3, -0.25) is 0 Å². The van der Waals surface area contributed by atoms with E-state index in [0.29, 0.717) is 0 Å². The maximum atomic E-state index is 10.9. The molecule has 3 aromatic rings. The average molecular weight is 285 g/mol. The fourth-order valence-electron chi connectivity index (χ4n) is 1.99. The number of carboxylic acid groups (broad SMARTS) is 1. The molecule has 0 fully saturated rings. The zero-order valence-corrected chi connectivity index (χ0v) is 11.5. The highest BCUT2D eigenvalue weighted by atomic mass is 32.1. The summed E-state index contributed by atoms with van der Waals surface area (Å²) in [4.78, 5) is 22.2. The van der Waals surface area contributed by atoms with Crippen molar-refractivity contribution < 1.29 is 9.90 Å². The lowest BCUT2D eigenvalue weighted by Crippen LogP contribution is -2.11. The highest BCUT2D eigenvalue weighted by Gasteiger charge is 2.11. The molecular formula is C14H11N3O2S. The smallest absolute Gasteiger partial charge is 0.335 e. The van der Waals surface area contributed by atoms with E-state index < -0.39 is 5.97 Å². The second-order valence-electron chi connectivity index (χ2n) is 4.25. The molecule has 0 unspecified atom stereocenters. The second kappa shape index (κ2) is 4.90. The fraction of sp³-hybridized carbons (Fsp3) is 0.0714. The highest BCUT2D eigenvalue weighted by molar-refractivity contribution is 7.16. The van der Waals surface area contributed by atoms with Crippen LogP contribution in [0.4, 0.5) is 11.5 Å². The summed E-state index contributed by atoms with van der Waals surface area (Å²) >= 11 is 1.56. The number of anilines is 2. The Bertz CT molecular complexity index is 767. The van der Waals surface area contributed by atoms with E-state index in [-0.39, 0.29) is 5.56 Å². The van der Waals surface area contributed by atoms with Crippen molar-refractivity contribution in [1.82, 2.24) is 9.97 Å². The van der Waals surface area contributed by atoms with E-state index in [9.17, 15) is 4.79 Å². The first-order valence-corrected chi connectivity index (χ1v) is 6.80. The van der Waals surface area contributed by atoms with Crippen LogP contribution in [0.5, 0.6) is 0 Å². The van der Waals surface area contributed by atoms with E-state index in [2.05, 4.69) is 9.97 Å². The van der Waals surface area contributed by atoms with Gasteiger partial charge in [0.2, 0.25) is 0 Å². The molecule has 0 aliphatic rings. The fourth-order valence-corrected chi connectivity index (χ4v) is 2.72. The molecule has 0 amide bonds. The van der Waals surface area contributed by atoms with Crippen LogP contribution < -0.4 is 4.90 Å². The summed E-state index contributed by atoms with van der Waals surface area (Å²) in [6.45, 7) is 0. The predicted octanol–water partition coefficient (Wildman–Crippen LogP) is 3.16. The maximum absolute atomic E-state index is 10.9. The molecule has 1 N–H and O–H groups in total. The van der Waals surface area contributed by atoms with Gasteiger partial charge < -0.3 is 10.0 Å². The minimum absolute atomic E-state index is 0.269. The van der Waals surface area contributed by atoms with Gasteiger partial charge in [-0.15, -0.1) is 11.3 Å². The Balaban J connectivity index is 2.01. The zero-order chi connectivity index (χ0) is 14.1. The lowest BCUT2D eigenvalue weighted by molar-refractivity contribution is 0.0697. The molecule has 0 saturated carbocycles. The van der Waals surface area contributed by atoms with Crippen molar-refractivity contribution in [1.29, 1.82) is 0 Å². The number of nitrogens with zero attached hydrogens (tertiary/aromatic N) is 3. The number of carboxylic acids is 1.